The molecule has 0 atom stereocenters. The Bertz CT molecular complexity index is 644. The number of imidazole rings is 1. The van der Waals surface area contributed by atoms with Gasteiger partial charge in [-0.1, -0.05) is 19.1 Å². The van der Waals surface area contributed by atoms with Crippen LogP contribution in [-0.4, -0.2) is 32.7 Å². The van der Waals surface area contributed by atoms with Crippen LogP contribution in [0.5, 0.6) is 0 Å². The van der Waals surface area contributed by atoms with E-state index in [1.54, 1.807) is 4.57 Å². The van der Waals surface area contributed by atoms with Crippen LogP contribution in [-0.2, 0) is 0 Å². The molecule has 0 saturated heterocycles. The molecule has 0 radical (unpaired) electrons. The number of rotatable bonds is 2. The minimum atomic E-state index is -0.412. The topological polar surface area (TPSA) is 50.2 Å². The molecule has 0 unspecified atom stereocenters. The Morgan fingerprint density at radius 2 is 2.05 bits per heavy atom. The summed E-state index contributed by atoms with van der Waals surface area (Å²) in [5, 5.41) is 3.35. The highest BCUT2D eigenvalue weighted by Crippen LogP contribution is 2.30. The first-order valence-electron chi connectivity index (χ1n) is 6.62. The lowest BCUT2D eigenvalue weighted by Gasteiger charge is -2.43. The molecule has 5 nitrogen and oxygen atoms in total. The van der Waals surface area contributed by atoms with Crippen molar-refractivity contribution in [2.24, 2.45) is 0 Å². The zero-order chi connectivity index (χ0) is 13.6. The van der Waals surface area contributed by atoms with Gasteiger partial charge in [-0.15, -0.1) is 0 Å². The second-order valence-electron chi connectivity index (χ2n) is 5.38. The molecule has 1 amide bonds. The molecule has 1 aromatic carbocycles. The Morgan fingerprint density at radius 3 is 2.79 bits per heavy atom. The molecule has 2 heterocycles. The molecule has 1 aromatic heterocycles. The fourth-order valence-corrected chi connectivity index (χ4v) is 2.60. The van der Waals surface area contributed by atoms with E-state index in [2.05, 4.69) is 17.2 Å². The second-order valence-corrected chi connectivity index (χ2v) is 5.38. The maximum absolute atomic E-state index is 12.7. The van der Waals surface area contributed by atoms with Crippen LogP contribution < -0.4 is 5.32 Å². The molecule has 2 aromatic rings. The van der Waals surface area contributed by atoms with Crippen LogP contribution in [0.4, 0.5) is 10.7 Å². The number of nitrogens with one attached hydrogen (secondary N) is 1. The van der Waals surface area contributed by atoms with E-state index in [9.17, 15) is 4.79 Å². The van der Waals surface area contributed by atoms with Crippen molar-refractivity contribution in [1.82, 2.24) is 14.5 Å². The molecule has 100 valence electrons. The lowest BCUT2D eigenvalue weighted by atomic mass is 10.1. The molecular weight excluding hydrogens is 240 g/mol. The van der Waals surface area contributed by atoms with Gasteiger partial charge in [0.25, 0.3) is 0 Å². The van der Waals surface area contributed by atoms with Gasteiger partial charge in [0.2, 0.25) is 5.95 Å². The predicted molar refractivity (Wildman–Crippen MR) is 75.2 cm³/mol. The molecule has 1 aliphatic rings. The molecule has 0 bridgehead atoms. The van der Waals surface area contributed by atoms with Crippen molar-refractivity contribution in [3.63, 3.8) is 0 Å². The lowest BCUT2D eigenvalue weighted by molar-refractivity contribution is 0.143. The number of hydrogen-bond donors (Lipinski definition) is 1. The standard InChI is InChI=1S/C14H18N4O/c1-4-9-17-13(19)18-11-8-6-5-7-10(11)15-12(18)16-14(17,2)3/h5-8H,4,9H2,1-3H3,(H,15,16). The Labute approximate surface area is 112 Å². The van der Waals surface area contributed by atoms with E-state index in [0.29, 0.717) is 5.95 Å². The first-order chi connectivity index (χ1) is 9.04. The third-order valence-electron chi connectivity index (χ3n) is 3.52. The number of anilines is 1. The summed E-state index contributed by atoms with van der Waals surface area (Å²) >= 11 is 0. The fraction of sp³-hybridized carbons (Fsp3) is 0.429. The molecular formula is C14H18N4O. The van der Waals surface area contributed by atoms with Gasteiger partial charge in [-0.2, -0.15) is 0 Å². The predicted octanol–water partition coefficient (Wildman–Crippen LogP) is 2.88. The van der Waals surface area contributed by atoms with Crippen LogP contribution in [0.1, 0.15) is 27.2 Å². The Kier molecular flexibility index (Phi) is 2.52. The van der Waals surface area contributed by atoms with Gasteiger partial charge in [0.1, 0.15) is 5.66 Å². The van der Waals surface area contributed by atoms with Crippen molar-refractivity contribution in [3.05, 3.63) is 24.3 Å². The van der Waals surface area contributed by atoms with Gasteiger partial charge in [-0.25, -0.2) is 14.3 Å². The highest BCUT2D eigenvalue weighted by molar-refractivity contribution is 5.94. The summed E-state index contributed by atoms with van der Waals surface area (Å²) in [6, 6.07) is 7.70. The number of aromatic nitrogens is 2. The number of nitrogens with zero attached hydrogens (tertiary/aromatic N) is 3. The van der Waals surface area contributed by atoms with E-state index < -0.39 is 5.66 Å². The maximum atomic E-state index is 12.7. The van der Waals surface area contributed by atoms with E-state index in [-0.39, 0.29) is 6.03 Å². The number of para-hydroxylation sites is 2. The zero-order valence-corrected chi connectivity index (χ0v) is 11.5. The van der Waals surface area contributed by atoms with Crippen LogP contribution in [0.2, 0.25) is 0 Å². The summed E-state index contributed by atoms with van der Waals surface area (Å²) in [5.74, 6) is 0.628. The van der Waals surface area contributed by atoms with Gasteiger partial charge in [0, 0.05) is 6.54 Å². The van der Waals surface area contributed by atoms with Crippen LogP contribution in [0, 0.1) is 0 Å². The largest absolute Gasteiger partial charge is 0.333 e. The molecule has 1 N–H and O–H groups in total. The Balaban J connectivity index is 2.19. The quantitative estimate of drug-likeness (QED) is 0.901. The van der Waals surface area contributed by atoms with Crippen molar-refractivity contribution in [2.45, 2.75) is 32.9 Å². The third-order valence-corrected chi connectivity index (χ3v) is 3.52. The molecule has 0 spiro atoms. The average Bonchev–Trinajstić information content (AvgIpc) is 2.71. The third kappa shape index (κ3) is 1.69. The van der Waals surface area contributed by atoms with E-state index in [1.165, 1.54) is 0 Å². The molecule has 0 saturated carbocycles. The summed E-state index contributed by atoms with van der Waals surface area (Å²) < 4.78 is 1.66. The van der Waals surface area contributed by atoms with Crippen LogP contribution in [0.15, 0.2) is 24.3 Å². The van der Waals surface area contributed by atoms with Crippen molar-refractivity contribution in [1.29, 1.82) is 0 Å². The van der Waals surface area contributed by atoms with Crippen molar-refractivity contribution in [3.8, 4) is 0 Å². The van der Waals surface area contributed by atoms with Crippen molar-refractivity contribution in [2.75, 3.05) is 11.9 Å². The highest BCUT2D eigenvalue weighted by atomic mass is 16.2. The minimum Gasteiger partial charge on any atom is -0.333 e. The Morgan fingerprint density at radius 1 is 1.32 bits per heavy atom. The average molecular weight is 258 g/mol. The van der Waals surface area contributed by atoms with Gasteiger partial charge < -0.3 is 10.2 Å². The number of amides is 1. The molecule has 0 fully saturated rings. The lowest BCUT2D eigenvalue weighted by Crippen LogP contribution is -2.58. The van der Waals surface area contributed by atoms with Gasteiger partial charge in [-0.3, -0.25) is 0 Å². The molecule has 1 aliphatic heterocycles. The van der Waals surface area contributed by atoms with Gasteiger partial charge in [-0.05, 0) is 32.4 Å². The monoisotopic (exact) mass is 258 g/mol. The normalized spacial score (nSPS) is 17.4. The van der Waals surface area contributed by atoms with Crippen molar-refractivity contribution >= 4 is 23.0 Å². The summed E-state index contributed by atoms with van der Waals surface area (Å²) in [6.45, 7) is 6.81. The first-order valence-corrected chi connectivity index (χ1v) is 6.62. The summed E-state index contributed by atoms with van der Waals surface area (Å²) in [5.41, 5.74) is 1.28. The van der Waals surface area contributed by atoms with Gasteiger partial charge in [0.15, 0.2) is 0 Å². The molecule has 5 heteroatoms. The summed E-state index contributed by atoms with van der Waals surface area (Å²) in [4.78, 5) is 19.1. The number of carbonyl (C=O) groups excluding carboxylic acids is 1. The number of benzene rings is 1. The maximum Gasteiger partial charge on any atom is 0.333 e. The minimum absolute atomic E-state index is 0.00528. The van der Waals surface area contributed by atoms with E-state index in [4.69, 9.17) is 0 Å². The van der Waals surface area contributed by atoms with Crippen LogP contribution in [0.3, 0.4) is 0 Å². The van der Waals surface area contributed by atoms with E-state index >= 15 is 0 Å². The number of hydrogen-bond acceptors (Lipinski definition) is 3. The van der Waals surface area contributed by atoms with E-state index in [0.717, 1.165) is 24.0 Å². The SMILES string of the molecule is CCCN1C(=O)n2c(nc3ccccc32)NC1(C)C. The van der Waals surface area contributed by atoms with Crippen LogP contribution >= 0.6 is 0 Å². The highest BCUT2D eigenvalue weighted by Gasteiger charge is 2.38. The summed E-state index contributed by atoms with van der Waals surface area (Å²) in [7, 11) is 0. The van der Waals surface area contributed by atoms with Crippen molar-refractivity contribution < 1.29 is 4.79 Å². The summed E-state index contributed by atoms with van der Waals surface area (Å²) in [6.07, 6.45) is 0.929. The number of carbonyl (C=O) groups is 1. The van der Waals surface area contributed by atoms with Crippen LogP contribution in [0.25, 0.3) is 11.0 Å². The fourth-order valence-electron chi connectivity index (χ4n) is 2.60. The molecule has 3 rings (SSSR count). The first kappa shape index (κ1) is 12.0. The van der Waals surface area contributed by atoms with E-state index in [1.807, 2.05) is 43.0 Å². The van der Waals surface area contributed by atoms with Gasteiger partial charge >= 0.3 is 6.03 Å². The molecule has 0 aliphatic carbocycles. The molecule has 19 heavy (non-hydrogen) atoms. The zero-order valence-electron chi connectivity index (χ0n) is 11.5. The Hall–Kier alpha value is -2.04. The number of fused-ring (bicyclic) bond motifs is 3. The second kappa shape index (κ2) is 3.98. The smallest absolute Gasteiger partial charge is 0.333 e. The van der Waals surface area contributed by atoms with Gasteiger partial charge in [0.05, 0.1) is 11.0 Å².